The minimum Gasteiger partial charge on any atom is -0.361 e. The number of rotatable bonds is 6. The number of hydrogen-bond donors (Lipinski definition) is 1. The van der Waals surface area contributed by atoms with Crippen LogP contribution in [0.1, 0.15) is 36.9 Å². The predicted octanol–water partition coefficient (Wildman–Crippen LogP) is 3.97. The van der Waals surface area contributed by atoms with E-state index in [1.807, 2.05) is 24.3 Å². The quantitative estimate of drug-likeness (QED) is 0.781. The number of halogens is 3. The van der Waals surface area contributed by atoms with Crippen LogP contribution in [-0.2, 0) is 24.1 Å². The summed E-state index contributed by atoms with van der Waals surface area (Å²) in [5.41, 5.74) is -2.20. The molecule has 2 atom stereocenters. The van der Waals surface area contributed by atoms with Gasteiger partial charge in [0.15, 0.2) is 0 Å². The van der Waals surface area contributed by atoms with Crippen LogP contribution in [0.5, 0.6) is 0 Å². The van der Waals surface area contributed by atoms with Gasteiger partial charge >= 0.3 is 5.51 Å². The number of benzene rings is 1. The van der Waals surface area contributed by atoms with Gasteiger partial charge in [-0.2, -0.15) is 13.2 Å². The zero-order chi connectivity index (χ0) is 19.7. The van der Waals surface area contributed by atoms with Crippen molar-refractivity contribution in [3.05, 3.63) is 48.0 Å². The Morgan fingerprint density at radius 1 is 1.21 bits per heavy atom. The van der Waals surface area contributed by atoms with Crippen molar-refractivity contribution in [1.82, 2.24) is 14.3 Å². The molecule has 0 amide bonds. The van der Waals surface area contributed by atoms with Crippen LogP contribution in [0.15, 0.2) is 36.8 Å². The molecule has 2 heterocycles. The zero-order valence-electron chi connectivity index (χ0n) is 15.4. The van der Waals surface area contributed by atoms with E-state index in [2.05, 4.69) is 14.9 Å². The third-order valence-corrected chi connectivity index (χ3v) is 6.58. The van der Waals surface area contributed by atoms with Crippen LogP contribution >= 0.6 is 0 Å². The number of imidazole rings is 1. The Balaban J connectivity index is 1.68. The second-order valence-electron chi connectivity index (χ2n) is 7.53. The summed E-state index contributed by atoms with van der Waals surface area (Å²) < 4.78 is 52.9. The molecule has 152 valence electrons. The van der Waals surface area contributed by atoms with Crippen LogP contribution < -0.4 is 4.90 Å². The number of aromatic amines is 1. The molecule has 1 aromatic carbocycles. The van der Waals surface area contributed by atoms with Crippen molar-refractivity contribution in [1.29, 1.82) is 0 Å². The number of anilines is 1. The zero-order valence-corrected chi connectivity index (χ0v) is 16.2. The first kappa shape index (κ1) is 19.4. The smallest absolute Gasteiger partial charge is 0.361 e. The molecule has 1 saturated carbocycles. The van der Waals surface area contributed by atoms with E-state index in [0.29, 0.717) is 12.5 Å². The largest absolute Gasteiger partial charge is 0.485 e. The van der Waals surface area contributed by atoms with Gasteiger partial charge in [0.2, 0.25) is 11.0 Å². The van der Waals surface area contributed by atoms with Crippen LogP contribution in [0.25, 0.3) is 0 Å². The highest BCUT2D eigenvalue weighted by atomic mass is 32.2. The SMILES string of the molecule is O=S(N1Cc2ccccc2N(Cc2cnc[nH]2)C(CCC2CC2)C1)C(F)(F)F. The lowest BCUT2D eigenvalue weighted by atomic mass is 10.1. The first-order chi connectivity index (χ1) is 13.4. The predicted molar refractivity (Wildman–Crippen MR) is 102 cm³/mol. The standard InChI is InChI=1S/C19H23F3N4OS/c20-19(21,22)28(27)25-10-15-3-1-2-4-18(15)26(11-16-9-23-13-24-16)17(12-25)8-7-14-5-6-14/h1-4,9,13-14,17H,5-8,10-12H2,(H,23,24). The third-order valence-electron chi connectivity index (χ3n) is 5.44. The molecule has 1 aliphatic carbocycles. The molecule has 1 fully saturated rings. The monoisotopic (exact) mass is 412 g/mol. The van der Waals surface area contributed by atoms with Gasteiger partial charge in [0, 0.05) is 31.0 Å². The van der Waals surface area contributed by atoms with Gasteiger partial charge in [0.05, 0.1) is 18.6 Å². The number of nitrogens with zero attached hydrogens (tertiary/aromatic N) is 3. The minimum atomic E-state index is -4.76. The van der Waals surface area contributed by atoms with Crippen LogP contribution in [0.4, 0.5) is 18.9 Å². The number of para-hydroxylation sites is 1. The van der Waals surface area contributed by atoms with E-state index in [-0.39, 0.29) is 19.1 Å². The molecule has 2 aliphatic rings. The summed E-state index contributed by atoms with van der Waals surface area (Å²) in [7, 11) is -3.03. The van der Waals surface area contributed by atoms with Crippen molar-refractivity contribution >= 4 is 16.7 Å². The van der Waals surface area contributed by atoms with E-state index in [1.165, 1.54) is 12.8 Å². The summed E-state index contributed by atoms with van der Waals surface area (Å²) in [6, 6.07) is 7.31. The molecule has 9 heteroatoms. The van der Waals surface area contributed by atoms with E-state index in [4.69, 9.17) is 0 Å². The van der Waals surface area contributed by atoms with E-state index in [0.717, 1.165) is 34.1 Å². The maximum absolute atomic E-state index is 13.2. The second-order valence-corrected chi connectivity index (χ2v) is 9.00. The van der Waals surface area contributed by atoms with Gasteiger partial charge in [-0.25, -0.2) is 13.5 Å². The summed E-state index contributed by atoms with van der Waals surface area (Å²) in [6.07, 6.45) is 7.49. The molecular formula is C19H23F3N4OS. The van der Waals surface area contributed by atoms with Gasteiger partial charge in [-0.15, -0.1) is 0 Å². The molecule has 2 unspecified atom stereocenters. The van der Waals surface area contributed by atoms with Gasteiger partial charge < -0.3 is 9.88 Å². The van der Waals surface area contributed by atoms with Gasteiger partial charge in [0.1, 0.15) is 0 Å². The van der Waals surface area contributed by atoms with Crippen molar-refractivity contribution in [2.24, 2.45) is 5.92 Å². The summed E-state index contributed by atoms with van der Waals surface area (Å²) in [4.78, 5) is 9.30. The molecule has 5 nitrogen and oxygen atoms in total. The fourth-order valence-corrected chi connectivity index (χ4v) is 4.69. The summed E-state index contributed by atoms with van der Waals surface area (Å²) >= 11 is 0. The highest BCUT2D eigenvalue weighted by molar-refractivity contribution is 7.83. The molecule has 0 bridgehead atoms. The molecule has 28 heavy (non-hydrogen) atoms. The van der Waals surface area contributed by atoms with Gasteiger partial charge in [-0.3, -0.25) is 0 Å². The number of nitrogens with one attached hydrogen (secondary N) is 1. The number of aromatic nitrogens is 2. The van der Waals surface area contributed by atoms with E-state index >= 15 is 0 Å². The third kappa shape index (κ3) is 4.41. The summed E-state index contributed by atoms with van der Waals surface area (Å²) in [5, 5.41) is 0. The Hall–Kier alpha value is -1.87. The molecule has 0 saturated heterocycles. The maximum atomic E-state index is 13.2. The van der Waals surface area contributed by atoms with Crippen molar-refractivity contribution in [2.45, 2.75) is 50.3 Å². The van der Waals surface area contributed by atoms with Crippen molar-refractivity contribution in [3.63, 3.8) is 0 Å². The van der Waals surface area contributed by atoms with Gasteiger partial charge in [0.25, 0.3) is 0 Å². The first-order valence-corrected chi connectivity index (χ1v) is 10.6. The number of alkyl halides is 3. The number of H-pyrrole nitrogens is 1. The van der Waals surface area contributed by atoms with Crippen molar-refractivity contribution in [2.75, 3.05) is 11.4 Å². The number of hydrogen-bond acceptors (Lipinski definition) is 3. The minimum absolute atomic E-state index is 0.0156. The number of fused-ring (bicyclic) bond motifs is 1. The van der Waals surface area contributed by atoms with E-state index < -0.39 is 16.5 Å². The molecule has 1 aromatic heterocycles. The van der Waals surface area contributed by atoms with Crippen LogP contribution in [0, 0.1) is 5.92 Å². The van der Waals surface area contributed by atoms with Crippen LogP contribution in [-0.4, -0.2) is 36.6 Å². The molecule has 4 rings (SSSR count). The lowest BCUT2D eigenvalue weighted by Crippen LogP contribution is -2.44. The fraction of sp³-hybridized carbons (Fsp3) is 0.526. The Bertz CT molecular complexity index is 823. The average molecular weight is 412 g/mol. The second kappa shape index (κ2) is 7.87. The Morgan fingerprint density at radius 2 is 2.00 bits per heavy atom. The molecule has 2 aromatic rings. The maximum Gasteiger partial charge on any atom is 0.485 e. The van der Waals surface area contributed by atoms with E-state index in [1.54, 1.807) is 12.5 Å². The summed E-state index contributed by atoms with van der Waals surface area (Å²) in [5.74, 6) is 0.675. The normalized spacial score (nSPS) is 22.0. The van der Waals surface area contributed by atoms with Crippen molar-refractivity contribution in [3.8, 4) is 0 Å². The highest BCUT2D eigenvalue weighted by Gasteiger charge is 2.43. The van der Waals surface area contributed by atoms with Crippen LogP contribution in [0.3, 0.4) is 0 Å². The lowest BCUT2D eigenvalue weighted by Gasteiger charge is -2.34. The molecular weight excluding hydrogens is 389 g/mol. The first-order valence-electron chi connectivity index (χ1n) is 9.47. The van der Waals surface area contributed by atoms with Gasteiger partial charge in [-0.1, -0.05) is 31.0 Å². The van der Waals surface area contributed by atoms with Gasteiger partial charge in [-0.05, 0) is 30.4 Å². The lowest BCUT2D eigenvalue weighted by molar-refractivity contribution is -0.0431. The average Bonchev–Trinajstić information content (AvgIpc) is 3.37. The Kier molecular flexibility index (Phi) is 5.46. The topological polar surface area (TPSA) is 52.2 Å². The van der Waals surface area contributed by atoms with E-state index in [9.17, 15) is 17.4 Å². The molecule has 0 radical (unpaired) electrons. The Labute approximate surface area is 164 Å². The molecule has 0 spiro atoms. The summed E-state index contributed by atoms with van der Waals surface area (Å²) in [6.45, 7) is 0.655. The van der Waals surface area contributed by atoms with Crippen LogP contribution in [0.2, 0.25) is 0 Å². The Morgan fingerprint density at radius 3 is 2.68 bits per heavy atom. The fourth-order valence-electron chi connectivity index (χ4n) is 3.83. The van der Waals surface area contributed by atoms with Crippen molar-refractivity contribution < 1.29 is 17.4 Å². The molecule has 1 N–H and O–H groups in total. The highest BCUT2D eigenvalue weighted by Crippen LogP contribution is 2.38. The molecule has 1 aliphatic heterocycles.